The molecule has 1 aliphatic heterocycles. The number of hydrogen-bond acceptors (Lipinski definition) is 3. The number of piperidine rings is 1. The zero-order chi connectivity index (χ0) is 18.0. The first kappa shape index (κ1) is 17.4. The smallest absolute Gasteiger partial charge is 0.253 e. The molecule has 0 atom stereocenters. The molecular weight excluding hydrogens is 319 g/mol. The number of nitrogens with two attached hydrogens (primary N) is 1. The Labute approximate surface area is 147 Å². The third kappa shape index (κ3) is 3.82. The standard InChI is InChI=1S/C20H23FN2O2/c1-14-4-2-5-15(12-14)13-20(25)8-10-23(11-9-20)17-7-3-6-16(21)18(17)19(22)24/h2-7,12,25H,8-11,13H2,1H3,(H2,22,24). The number of nitrogens with zero attached hydrogens (tertiary/aromatic N) is 1. The predicted molar refractivity (Wildman–Crippen MR) is 96.2 cm³/mol. The molecule has 0 aromatic heterocycles. The predicted octanol–water partition coefficient (Wildman–Crippen LogP) is 2.81. The quantitative estimate of drug-likeness (QED) is 0.898. The number of anilines is 1. The fourth-order valence-electron chi connectivity index (χ4n) is 3.56. The Balaban J connectivity index is 1.74. The van der Waals surface area contributed by atoms with Gasteiger partial charge in [0, 0.05) is 19.5 Å². The fraction of sp³-hybridized carbons (Fsp3) is 0.350. The first-order chi connectivity index (χ1) is 11.9. The van der Waals surface area contributed by atoms with Crippen molar-refractivity contribution < 1.29 is 14.3 Å². The number of aryl methyl sites for hydroxylation is 1. The zero-order valence-electron chi connectivity index (χ0n) is 14.3. The molecule has 3 N–H and O–H groups in total. The minimum atomic E-state index is -0.787. The molecule has 0 unspecified atom stereocenters. The molecule has 2 aromatic carbocycles. The van der Waals surface area contributed by atoms with Crippen LogP contribution in [0.25, 0.3) is 0 Å². The van der Waals surface area contributed by atoms with E-state index in [2.05, 4.69) is 6.07 Å². The van der Waals surface area contributed by atoms with Gasteiger partial charge in [-0.15, -0.1) is 0 Å². The lowest BCUT2D eigenvalue weighted by Gasteiger charge is -2.40. The minimum absolute atomic E-state index is 0.0772. The van der Waals surface area contributed by atoms with Crippen LogP contribution in [0.3, 0.4) is 0 Å². The van der Waals surface area contributed by atoms with E-state index in [-0.39, 0.29) is 5.56 Å². The molecule has 0 saturated carbocycles. The summed E-state index contributed by atoms with van der Waals surface area (Å²) < 4.78 is 14.0. The highest BCUT2D eigenvalue weighted by Crippen LogP contribution is 2.31. The van der Waals surface area contributed by atoms with Gasteiger partial charge in [-0.3, -0.25) is 4.79 Å². The van der Waals surface area contributed by atoms with Gasteiger partial charge in [0.1, 0.15) is 5.82 Å². The highest BCUT2D eigenvalue weighted by Gasteiger charge is 2.33. The molecule has 0 radical (unpaired) electrons. The van der Waals surface area contributed by atoms with Crippen LogP contribution >= 0.6 is 0 Å². The lowest BCUT2D eigenvalue weighted by molar-refractivity contribution is 0.0165. The van der Waals surface area contributed by atoms with Crippen LogP contribution in [0.1, 0.15) is 34.3 Å². The summed E-state index contributed by atoms with van der Waals surface area (Å²) in [5, 5.41) is 10.9. The second-order valence-electron chi connectivity index (χ2n) is 6.88. The van der Waals surface area contributed by atoms with Crippen molar-refractivity contribution in [3.05, 3.63) is 65.0 Å². The average Bonchev–Trinajstić information content (AvgIpc) is 2.54. The van der Waals surface area contributed by atoms with Crippen LogP contribution in [0.5, 0.6) is 0 Å². The maximum atomic E-state index is 14.0. The minimum Gasteiger partial charge on any atom is -0.389 e. The normalized spacial score (nSPS) is 16.7. The number of rotatable bonds is 4. The van der Waals surface area contributed by atoms with Crippen LogP contribution < -0.4 is 10.6 Å². The molecule has 1 amide bonds. The first-order valence-corrected chi connectivity index (χ1v) is 8.49. The summed E-state index contributed by atoms with van der Waals surface area (Å²) in [6.45, 7) is 3.13. The molecule has 132 valence electrons. The van der Waals surface area contributed by atoms with E-state index in [1.54, 1.807) is 12.1 Å². The Morgan fingerprint density at radius 2 is 1.92 bits per heavy atom. The molecule has 1 fully saturated rings. The van der Waals surface area contributed by atoms with E-state index in [0.717, 1.165) is 5.56 Å². The number of amides is 1. The molecule has 3 rings (SSSR count). The highest BCUT2D eigenvalue weighted by molar-refractivity contribution is 5.99. The van der Waals surface area contributed by atoms with Gasteiger partial charge in [-0.2, -0.15) is 0 Å². The van der Waals surface area contributed by atoms with E-state index in [0.29, 0.717) is 38.0 Å². The first-order valence-electron chi connectivity index (χ1n) is 8.49. The Kier molecular flexibility index (Phi) is 4.77. The molecule has 1 heterocycles. The summed E-state index contributed by atoms with van der Waals surface area (Å²) in [7, 11) is 0. The van der Waals surface area contributed by atoms with E-state index in [1.165, 1.54) is 11.6 Å². The molecular formula is C20H23FN2O2. The van der Waals surface area contributed by atoms with Gasteiger partial charge in [-0.25, -0.2) is 4.39 Å². The van der Waals surface area contributed by atoms with E-state index in [4.69, 9.17) is 5.73 Å². The van der Waals surface area contributed by atoms with E-state index in [9.17, 15) is 14.3 Å². The third-order valence-corrected chi connectivity index (χ3v) is 4.89. The number of primary amides is 1. The fourth-order valence-corrected chi connectivity index (χ4v) is 3.56. The van der Waals surface area contributed by atoms with Crippen LogP contribution in [0.15, 0.2) is 42.5 Å². The lowest BCUT2D eigenvalue weighted by Crippen LogP contribution is -2.46. The largest absolute Gasteiger partial charge is 0.389 e. The lowest BCUT2D eigenvalue weighted by atomic mass is 9.84. The van der Waals surface area contributed by atoms with Crippen molar-refractivity contribution in [1.82, 2.24) is 0 Å². The van der Waals surface area contributed by atoms with Crippen LogP contribution in [-0.2, 0) is 6.42 Å². The average molecular weight is 342 g/mol. The second kappa shape index (κ2) is 6.84. The Morgan fingerprint density at radius 3 is 2.56 bits per heavy atom. The van der Waals surface area contributed by atoms with E-state index in [1.807, 2.05) is 30.0 Å². The molecule has 2 aromatic rings. The highest BCUT2D eigenvalue weighted by atomic mass is 19.1. The van der Waals surface area contributed by atoms with Gasteiger partial charge in [-0.05, 0) is 37.5 Å². The monoisotopic (exact) mass is 342 g/mol. The maximum absolute atomic E-state index is 14.0. The van der Waals surface area contributed by atoms with Crippen LogP contribution in [0.4, 0.5) is 10.1 Å². The number of aliphatic hydroxyl groups is 1. The summed E-state index contributed by atoms with van der Waals surface area (Å²) in [6, 6.07) is 12.7. The Hall–Kier alpha value is -2.40. The zero-order valence-corrected chi connectivity index (χ0v) is 14.3. The van der Waals surface area contributed by atoms with Crippen molar-refractivity contribution >= 4 is 11.6 Å². The third-order valence-electron chi connectivity index (χ3n) is 4.89. The summed E-state index contributed by atoms with van der Waals surface area (Å²) in [5.74, 6) is -1.38. The van der Waals surface area contributed by atoms with Gasteiger partial charge in [0.25, 0.3) is 5.91 Å². The Bertz CT molecular complexity index is 783. The van der Waals surface area contributed by atoms with Gasteiger partial charge in [0.2, 0.25) is 0 Å². The second-order valence-corrected chi connectivity index (χ2v) is 6.88. The summed E-state index contributed by atoms with van der Waals surface area (Å²) >= 11 is 0. The number of carbonyl (C=O) groups excluding carboxylic acids is 1. The molecule has 1 aliphatic rings. The number of carbonyl (C=O) groups is 1. The molecule has 4 nitrogen and oxygen atoms in total. The SMILES string of the molecule is Cc1cccc(CC2(O)CCN(c3cccc(F)c3C(N)=O)CC2)c1. The van der Waals surface area contributed by atoms with E-state index < -0.39 is 17.3 Å². The van der Waals surface area contributed by atoms with Crippen molar-refractivity contribution in [2.24, 2.45) is 5.73 Å². The molecule has 1 saturated heterocycles. The van der Waals surface area contributed by atoms with Crippen LogP contribution in [0.2, 0.25) is 0 Å². The van der Waals surface area contributed by atoms with Crippen LogP contribution in [0, 0.1) is 12.7 Å². The van der Waals surface area contributed by atoms with Crippen molar-refractivity contribution in [1.29, 1.82) is 0 Å². The summed E-state index contributed by atoms with van der Waals surface area (Å²) in [4.78, 5) is 13.5. The summed E-state index contributed by atoms with van der Waals surface area (Å²) in [5.41, 5.74) is 7.26. The van der Waals surface area contributed by atoms with Gasteiger partial charge in [0.15, 0.2) is 0 Å². The van der Waals surface area contributed by atoms with Crippen LogP contribution in [-0.4, -0.2) is 29.7 Å². The molecule has 0 aliphatic carbocycles. The van der Waals surface area contributed by atoms with Crippen molar-refractivity contribution in [3.63, 3.8) is 0 Å². The van der Waals surface area contributed by atoms with Gasteiger partial charge in [0.05, 0.1) is 16.9 Å². The number of benzene rings is 2. The van der Waals surface area contributed by atoms with Gasteiger partial charge in [-0.1, -0.05) is 35.9 Å². The van der Waals surface area contributed by atoms with Crippen molar-refractivity contribution in [3.8, 4) is 0 Å². The topological polar surface area (TPSA) is 66.6 Å². The molecule has 5 heteroatoms. The van der Waals surface area contributed by atoms with Gasteiger partial charge >= 0.3 is 0 Å². The van der Waals surface area contributed by atoms with Crippen molar-refractivity contribution in [2.45, 2.75) is 31.8 Å². The molecule has 0 spiro atoms. The van der Waals surface area contributed by atoms with Crippen molar-refractivity contribution in [2.75, 3.05) is 18.0 Å². The maximum Gasteiger partial charge on any atom is 0.253 e. The number of halogens is 1. The summed E-state index contributed by atoms with van der Waals surface area (Å²) in [6.07, 6.45) is 1.69. The molecule has 25 heavy (non-hydrogen) atoms. The number of hydrogen-bond donors (Lipinski definition) is 2. The molecule has 0 bridgehead atoms. The van der Waals surface area contributed by atoms with E-state index >= 15 is 0 Å². The van der Waals surface area contributed by atoms with Gasteiger partial charge < -0.3 is 15.7 Å². The Morgan fingerprint density at radius 1 is 1.24 bits per heavy atom.